The third kappa shape index (κ3) is 2.24. The minimum absolute atomic E-state index is 0.0441. The van der Waals surface area contributed by atoms with Gasteiger partial charge >= 0.3 is 0 Å². The number of allylic oxidation sites excluding steroid dienone is 2. The van der Waals surface area contributed by atoms with Crippen LogP contribution in [0.15, 0.2) is 35.7 Å². The Bertz CT molecular complexity index is 1070. The molecule has 10 heteroatoms. The van der Waals surface area contributed by atoms with Gasteiger partial charge in [0.15, 0.2) is 0 Å². The highest BCUT2D eigenvalue weighted by atomic mass is 35.5. The van der Waals surface area contributed by atoms with Gasteiger partial charge in [0.1, 0.15) is 11.4 Å². The Morgan fingerprint density at radius 1 is 0.692 bits per heavy atom. The van der Waals surface area contributed by atoms with E-state index in [0.29, 0.717) is 11.3 Å². The van der Waals surface area contributed by atoms with E-state index >= 15 is 0 Å². The van der Waals surface area contributed by atoms with E-state index in [4.69, 9.17) is 70.0 Å². The lowest BCUT2D eigenvalue weighted by Crippen LogP contribution is -2.20. The Morgan fingerprint density at radius 2 is 1.27 bits per heavy atom. The summed E-state index contributed by atoms with van der Waals surface area (Å²) in [4.78, 5) is 25.8. The number of fused-ring (bicyclic) bond motifs is 2. The Labute approximate surface area is 177 Å². The highest BCUT2D eigenvalue weighted by Gasteiger charge is 2.45. The van der Waals surface area contributed by atoms with Gasteiger partial charge in [-0.3, -0.25) is 9.59 Å². The van der Waals surface area contributed by atoms with E-state index in [1.165, 1.54) is 0 Å². The van der Waals surface area contributed by atoms with Crippen molar-refractivity contribution in [3.63, 3.8) is 0 Å². The number of nitrogens with zero attached hydrogens (tertiary/aromatic N) is 2. The van der Waals surface area contributed by atoms with E-state index in [1.54, 1.807) is 24.3 Å². The summed E-state index contributed by atoms with van der Waals surface area (Å²) in [7, 11) is 0. The lowest BCUT2D eigenvalue weighted by atomic mass is 10.1. The fourth-order valence-electron chi connectivity index (χ4n) is 2.91. The van der Waals surface area contributed by atoms with Crippen molar-refractivity contribution >= 4 is 92.9 Å². The van der Waals surface area contributed by atoms with E-state index in [1.807, 2.05) is 0 Å². The van der Waals surface area contributed by atoms with Crippen LogP contribution >= 0.6 is 70.0 Å². The maximum Gasteiger partial charge on any atom is 0.216 e. The first kappa shape index (κ1) is 18.2. The largest absolute Gasteiger partial charge is 0.287 e. The molecule has 0 saturated carbocycles. The van der Waals surface area contributed by atoms with Gasteiger partial charge in [0.2, 0.25) is 11.6 Å². The molecule has 0 aromatic heterocycles. The molecule has 2 aliphatic heterocycles. The van der Waals surface area contributed by atoms with Crippen LogP contribution in [0.4, 0.5) is 11.4 Å². The van der Waals surface area contributed by atoms with Crippen LogP contribution in [-0.2, 0) is 0 Å². The molecule has 4 nitrogen and oxygen atoms in total. The first-order valence-electron chi connectivity index (χ1n) is 6.97. The summed E-state index contributed by atoms with van der Waals surface area (Å²) >= 11 is 37.1. The van der Waals surface area contributed by atoms with Crippen LogP contribution in [0.2, 0.25) is 20.1 Å². The molecule has 26 heavy (non-hydrogen) atoms. The fraction of sp³-hybridized carbons (Fsp3) is 0. The molecule has 0 spiro atoms. The van der Waals surface area contributed by atoms with E-state index in [-0.39, 0.29) is 42.7 Å². The zero-order valence-corrected chi connectivity index (χ0v) is 16.8. The summed E-state index contributed by atoms with van der Waals surface area (Å²) in [6.07, 6.45) is 0. The van der Waals surface area contributed by atoms with Gasteiger partial charge in [-0.15, -0.1) is 0 Å². The van der Waals surface area contributed by atoms with E-state index in [2.05, 4.69) is 0 Å². The van der Waals surface area contributed by atoms with Crippen molar-refractivity contribution in [3.8, 4) is 0 Å². The second-order valence-corrected chi connectivity index (χ2v) is 7.60. The Hall–Kier alpha value is -1.14. The number of hydrogen-bond donors (Lipinski definition) is 0. The zero-order chi connectivity index (χ0) is 18.9. The van der Waals surface area contributed by atoms with Crippen LogP contribution in [0.3, 0.4) is 0 Å². The summed E-state index contributed by atoms with van der Waals surface area (Å²) < 4.78 is 2.01. The molecule has 132 valence electrons. The number of anilines is 2. The lowest BCUT2D eigenvalue weighted by Gasteiger charge is -2.17. The van der Waals surface area contributed by atoms with Gasteiger partial charge < -0.3 is 0 Å². The van der Waals surface area contributed by atoms with Gasteiger partial charge in [-0.1, -0.05) is 58.5 Å². The van der Waals surface area contributed by atoms with Gasteiger partial charge in [-0.2, -0.15) is 0 Å². The molecular formula is C16H4Cl6N2O2. The molecule has 4 rings (SSSR count). The van der Waals surface area contributed by atoms with Crippen LogP contribution in [0.5, 0.6) is 0 Å². The van der Waals surface area contributed by atoms with Crippen LogP contribution in [0.1, 0.15) is 20.7 Å². The molecule has 0 saturated heterocycles. The van der Waals surface area contributed by atoms with Crippen LogP contribution in [0, 0.1) is 0 Å². The summed E-state index contributed by atoms with van der Waals surface area (Å²) in [5.41, 5.74) is 0.491. The average Bonchev–Trinajstić information content (AvgIpc) is 3.03. The van der Waals surface area contributed by atoms with E-state index in [0.717, 1.165) is 8.84 Å². The Morgan fingerprint density at radius 3 is 1.92 bits per heavy atom. The molecule has 0 N–H and O–H groups in total. The number of carbonyl (C=O) groups is 2. The molecule has 2 heterocycles. The second-order valence-electron chi connectivity index (χ2n) is 5.41. The molecule has 0 radical (unpaired) electrons. The summed E-state index contributed by atoms with van der Waals surface area (Å²) in [5.74, 6) is -1.09. The monoisotopic (exact) mass is 466 g/mol. The van der Waals surface area contributed by atoms with E-state index in [9.17, 15) is 9.59 Å². The number of carbonyl (C=O) groups excluding carboxylic acids is 2. The first-order valence-corrected chi connectivity index (χ1v) is 9.16. The second kappa shape index (κ2) is 6.20. The summed E-state index contributed by atoms with van der Waals surface area (Å²) in [6, 6.07) is 6.64. The zero-order valence-electron chi connectivity index (χ0n) is 12.3. The summed E-state index contributed by atoms with van der Waals surface area (Å²) in [5, 5.41) is -0.290. The highest BCUT2D eigenvalue weighted by Crippen LogP contribution is 2.53. The van der Waals surface area contributed by atoms with Gasteiger partial charge in [-0.25, -0.2) is 8.84 Å². The van der Waals surface area contributed by atoms with Gasteiger partial charge in [0.25, 0.3) is 0 Å². The molecule has 0 amide bonds. The molecule has 0 fully saturated rings. The minimum atomic E-state index is -0.637. The van der Waals surface area contributed by atoms with Crippen molar-refractivity contribution in [2.24, 2.45) is 0 Å². The molecule has 2 aliphatic rings. The number of ketones is 2. The first-order chi connectivity index (χ1) is 12.3. The maximum absolute atomic E-state index is 13.0. The number of Topliss-reactive ketones (excluding diaryl/α,β-unsaturated/α-hetero) is 2. The lowest BCUT2D eigenvalue weighted by molar-refractivity contribution is 0.101. The molecule has 0 bridgehead atoms. The van der Waals surface area contributed by atoms with Crippen molar-refractivity contribution in [1.29, 1.82) is 0 Å². The predicted molar refractivity (Wildman–Crippen MR) is 105 cm³/mol. The van der Waals surface area contributed by atoms with Gasteiger partial charge in [0.05, 0.1) is 37.0 Å². The molecule has 0 aliphatic carbocycles. The van der Waals surface area contributed by atoms with E-state index < -0.39 is 11.6 Å². The van der Waals surface area contributed by atoms with Crippen molar-refractivity contribution in [3.05, 3.63) is 66.9 Å². The molecule has 2 aromatic rings. The number of halogens is 6. The van der Waals surface area contributed by atoms with Crippen LogP contribution in [-0.4, -0.2) is 11.6 Å². The smallest absolute Gasteiger partial charge is 0.216 e. The number of benzene rings is 2. The fourth-order valence-corrected chi connectivity index (χ4v) is 4.59. The third-order valence-electron chi connectivity index (χ3n) is 4.07. The predicted octanol–water partition coefficient (Wildman–Crippen LogP) is 6.53. The maximum atomic E-state index is 13.0. The number of para-hydroxylation sites is 1. The SMILES string of the molecule is O=C1/C(=C2/C(=O)c3c(Cl)c(Cl)c(Cl)c(Cl)c3N2Cl)N(Cl)c2ccccc21. The van der Waals surface area contributed by atoms with Crippen molar-refractivity contribution in [2.75, 3.05) is 8.84 Å². The molecule has 0 atom stereocenters. The quantitative estimate of drug-likeness (QED) is 0.191. The van der Waals surface area contributed by atoms with Crippen LogP contribution in [0.25, 0.3) is 0 Å². The van der Waals surface area contributed by atoms with Crippen molar-refractivity contribution < 1.29 is 9.59 Å². The normalized spacial score (nSPS) is 18.7. The highest BCUT2D eigenvalue weighted by molar-refractivity contribution is 6.57. The molecule has 2 aromatic carbocycles. The Kier molecular flexibility index (Phi) is 4.35. The Balaban J connectivity index is 2.01. The van der Waals surface area contributed by atoms with Gasteiger partial charge in [0, 0.05) is 29.1 Å². The van der Waals surface area contributed by atoms with Gasteiger partial charge in [-0.05, 0) is 12.1 Å². The molecular weight excluding hydrogens is 465 g/mol. The molecule has 0 unspecified atom stereocenters. The number of hydrogen-bond acceptors (Lipinski definition) is 4. The average molecular weight is 469 g/mol. The third-order valence-corrected chi connectivity index (χ3v) is 6.55. The standard InChI is InChI=1S/C16H4Cl6N2O2/c17-8-7-12(11(20)10(19)9(8)18)24(22)14(16(7)26)13-15(25)5-3-1-2-4-6(5)23(13)21/h1-4H/b14-13+. The topological polar surface area (TPSA) is 40.6 Å². The minimum Gasteiger partial charge on any atom is -0.287 e. The number of rotatable bonds is 0. The van der Waals surface area contributed by atoms with Crippen LogP contribution < -0.4 is 8.84 Å². The van der Waals surface area contributed by atoms with Crippen molar-refractivity contribution in [1.82, 2.24) is 0 Å². The summed E-state index contributed by atoms with van der Waals surface area (Å²) in [6.45, 7) is 0. The van der Waals surface area contributed by atoms with Crippen molar-refractivity contribution in [2.45, 2.75) is 0 Å².